The number of carbonyl (C=O) groups is 2. The highest BCUT2D eigenvalue weighted by Crippen LogP contribution is 2.43. The van der Waals surface area contributed by atoms with Gasteiger partial charge in [0.1, 0.15) is 11.6 Å². The van der Waals surface area contributed by atoms with Crippen LogP contribution in [-0.4, -0.2) is 16.7 Å². The lowest BCUT2D eigenvalue weighted by molar-refractivity contribution is -0.117. The predicted octanol–water partition coefficient (Wildman–Crippen LogP) is 4.38. The molecule has 30 heavy (non-hydrogen) atoms. The van der Waals surface area contributed by atoms with Gasteiger partial charge in [0.2, 0.25) is 0 Å². The maximum atomic E-state index is 13.6. The Morgan fingerprint density at radius 1 is 1.13 bits per heavy atom. The van der Waals surface area contributed by atoms with E-state index in [2.05, 4.69) is 15.6 Å². The molecule has 1 aromatic carbocycles. The third kappa shape index (κ3) is 3.77. The monoisotopic (exact) mass is 405 g/mol. The number of aromatic nitrogens is 1. The first-order valence-electron chi connectivity index (χ1n) is 10.1. The van der Waals surface area contributed by atoms with Crippen molar-refractivity contribution in [3.8, 4) is 0 Å². The van der Waals surface area contributed by atoms with Gasteiger partial charge in [-0.2, -0.15) is 0 Å². The van der Waals surface area contributed by atoms with Crippen LogP contribution in [0.1, 0.15) is 43.7 Å². The summed E-state index contributed by atoms with van der Waals surface area (Å²) in [5.74, 6) is -0.543. The first kappa shape index (κ1) is 20.0. The fourth-order valence-electron chi connectivity index (χ4n) is 4.25. The van der Waals surface area contributed by atoms with Crippen molar-refractivity contribution in [2.24, 2.45) is 5.92 Å². The molecule has 1 amide bonds. The van der Waals surface area contributed by atoms with Crippen molar-refractivity contribution in [1.29, 1.82) is 0 Å². The lowest BCUT2D eigenvalue weighted by Crippen LogP contribution is -2.37. The number of carbonyl (C=O) groups excluding carboxylic acids is 2. The number of pyridine rings is 1. The van der Waals surface area contributed by atoms with Crippen LogP contribution in [0.25, 0.3) is 0 Å². The SMILES string of the molecule is CC1=C(C(=O)Nc2ccc(C)cn2)[C@H](c2ccc(F)cc2)C2=C(C[C@H](C)CC2=O)N1. The molecule has 0 radical (unpaired) electrons. The van der Waals surface area contributed by atoms with Crippen molar-refractivity contribution in [3.63, 3.8) is 0 Å². The van der Waals surface area contributed by atoms with Crippen LogP contribution in [0.4, 0.5) is 10.2 Å². The van der Waals surface area contributed by atoms with Gasteiger partial charge in [0.05, 0.1) is 0 Å². The lowest BCUT2D eigenvalue weighted by Gasteiger charge is -2.36. The molecule has 4 rings (SSSR count). The van der Waals surface area contributed by atoms with Gasteiger partial charge >= 0.3 is 0 Å². The van der Waals surface area contributed by atoms with Crippen molar-refractivity contribution in [2.75, 3.05) is 5.32 Å². The molecule has 0 spiro atoms. The normalized spacial score (nSPS) is 21.3. The number of benzene rings is 1. The van der Waals surface area contributed by atoms with Gasteiger partial charge in [-0.1, -0.05) is 25.1 Å². The number of hydrogen-bond acceptors (Lipinski definition) is 4. The van der Waals surface area contributed by atoms with Gasteiger partial charge < -0.3 is 10.6 Å². The highest BCUT2D eigenvalue weighted by molar-refractivity contribution is 6.09. The number of allylic oxidation sites excluding steroid dienone is 3. The summed E-state index contributed by atoms with van der Waals surface area (Å²) in [5.41, 5.74) is 4.31. The standard InChI is InChI=1S/C24H24FN3O2/c1-13-4-9-20(26-12-13)28-24(30)21-15(3)27-18-10-14(2)11-19(29)23(18)22(21)16-5-7-17(25)8-6-16/h4-9,12,14,22,27H,10-11H2,1-3H3,(H,26,28,30)/t14-,22-/m0/s1. The van der Waals surface area contributed by atoms with Crippen LogP contribution in [0.3, 0.4) is 0 Å². The summed E-state index contributed by atoms with van der Waals surface area (Å²) in [6.45, 7) is 5.80. The third-order valence-electron chi connectivity index (χ3n) is 5.63. The van der Waals surface area contributed by atoms with Crippen LogP contribution < -0.4 is 10.6 Å². The molecule has 2 N–H and O–H groups in total. The molecule has 0 unspecified atom stereocenters. The van der Waals surface area contributed by atoms with Gasteiger partial charge in [-0.15, -0.1) is 0 Å². The second-order valence-corrected chi connectivity index (χ2v) is 8.15. The summed E-state index contributed by atoms with van der Waals surface area (Å²) in [6.07, 6.45) is 2.86. The Hall–Kier alpha value is -3.28. The van der Waals surface area contributed by atoms with Crippen LogP contribution in [0.2, 0.25) is 0 Å². The van der Waals surface area contributed by atoms with Crippen molar-refractivity contribution in [2.45, 2.75) is 39.5 Å². The fraction of sp³-hybridized carbons (Fsp3) is 0.292. The minimum atomic E-state index is -0.549. The zero-order valence-corrected chi connectivity index (χ0v) is 17.3. The molecule has 154 valence electrons. The second-order valence-electron chi connectivity index (χ2n) is 8.15. The highest BCUT2D eigenvalue weighted by Gasteiger charge is 2.39. The number of aryl methyl sites for hydroxylation is 1. The van der Waals surface area contributed by atoms with Gasteiger partial charge in [-0.05, 0) is 55.5 Å². The van der Waals surface area contributed by atoms with E-state index in [4.69, 9.17) is 0 Å². The van der Waals surface area contributed by atoms with Gasteiger partial charge in [0.25, 0.3) is 5.91 Å². The third-order valence-corrected chi connectivity index (χ3v) is 5.63. The smallest absolute Gasteiger partial charge is 0.255 e. The minimum absolute atomic E-state index is 0.0248. The van der Waals surface area contributed by atoms with E-state index < -0.39 is 5.92 Å². The lowest BCUT2D eigenvalue weighted by atomic mass is 9.73. The van der Waals surface area contributed by atoms with Crippen molar-refractivity contribution < 1.29 is 14.0 Å². The van der Waals surface area contributed by atoms with Crippen LogP contribution in [-0.2, 0) is 9.59 Å². The minimum Gasteiger partial charge on any atom is -0.362 e. The number of nitrogens with zero attached hydrogens (tertiary/aromatic N) is 1. The number of nitrogens with one attached hydrogen (secondary N) is 2. The van der Waals surface area contributed by atoms with Crippen molar-refractivity contribution in [1.82, 2.24) is 10.3 Å². The first-order chi connectivity index (χ1) is 14.3. The van der Waals surface area contributed by atoms with E-state index in [1.807, 2.05) is 26.8 Å². The summed E-state index contributed by atoms with van der Waals surface area (Å²) < 4.78 is 13.6. The maximum absolute atomic E-state index is 13.6. The van der Waals surface area contributed by atoms with Gasteiger partial charge in [-0.3, -0.25) is 9.59 Å². The number of hydrogen-bond donors (Lipinski definition) is 2. The number of anilines is 1. The Kier molecular flexibility index (Phi) is 5.24. The molecule has 1 aliphatic heterocycles. The maximum Gasteiger partial charge on any atom is 0.255 e. The number of dihydropyridines is 1. The number of halogens is 1. The van der Waals surface area contributed by atoms with Crippen LogP contribution in [0, 0.1) is 18.7 Å². The van der Waals surface area contributed by atoms with E-state index in [0.29, 0.717) is 29.1 Å². The Bertz CT molecular complexity index is 1070. The van der Waals surface area contributed by atoms with Gasteiger partial charge in [0.15, 0.2) is 5.78 Å². The quantitative estimate of drug-likeness (QED) is 0.795. The molecule has 1 aromatic heterocycles. The average Bonchev–Trinajstić information content (AvgIpc) is 2.69. The molecule has 2 aliphatic rings. The molecule has 0 saturated heterocycles. The molecule has 5 nitrogen and oxygen atoms in total. The summed E-state index contributed by atoms with van der Waals surface area (Å²) in [7, 11) is 0. The molecule has 1 aliphatic carbocycles. The highest BCUT2D eigenvalue weighted by atomic mass is 19.1. The van der Waals surface area contributed by atoms with E-state index in [9.17, 15) is 14.0 Å². The fourth-order valence-corrected chi connectivity index (χ4v) is 4.25. The molecule has 2 aromatic rings. The van der Waals surface area contributed by atoms with Gasteiger partial charge in [-0.25, -0.2) is 9.37 Å². The Labute approximate surface area is 175 Å². The molecule has 2 heterocycles. The Morgan fingerprint density at radius 2 is 1.87 bits per heavy atom. The van der Waals surface area contributed by atoms with E-state index in [0.717, 1.165) is 23.2 Å². The number of ketones is 1. The molecule has 2 atom stereocenters. The molecule has 0 saturated carbocycles. The zero-order valence-electron chi connectivity index (χ0n) is 17.3. The summed E-state index contributed by atoms with van der Waals surface area (Å²) in [6, 6.07) is 9.62. The zero-order chi connectivity index (χ0) is 21.4. The van der Waals surface area contributed by atoms with Gasteiger partial charge in [0, 0.05) is 41.1 Å². The predicted molar refractivity (Wildman–Crippen MR) is 113 cm³/mol. The molecular formula is C24H24FN3O2. The number of Topliss-reactive ketones (excluding diaryl/α,β-unsaturated/α-hetero) is 1. The van der Waals surface area contributed by atoms with E-state index in [-0.39, 0.29) is 23.4 Å². The number of amides is 1. The topological polar surface area (TPSA) is 71.1 Å². The summed E-state index contributed by atoms with van der Waals surface area (Å²) in [5, 5.41) is 6.14. The van der Waals surface area contributed by atoms with E-state index in [1.54, 1.807) is 24.4 Å². The summed E-state index contributed by atoms with van der Waals surface area (Å²) >= 11 is 0. The molecule has 6 heteroatoms. The van der Waals surface area contributed by atoms with E-state index >= 15 is 0 Å². The second kappa shape index (κ2) is 7.86. The largest absolute Gasteiger partial charge is 0.362 e. The van der Waals surface area contributed by atoms with Crippen LogP contribution in [0.15, 0.2) is 65.1 Å². The molecular weight excluding hydrogens is 381 g/mol. The number of rotatable bonds is 3. The van der Waals surface area contributed by atoms with Crippen molar-refractivity contribution in [3.05, 3.63) is 82.1 Å². The molecule has 0 fully saturated rings. The van der Waals surface area contributed by atoms with Crippen molar-refractivity contribution >= 4 is 17.5 Å². The van der Waals surface area contributed by atoms with E-state index in [1.165, 1.54) is 12.1 Å². The summed E-state index contributed by atoms with van der Waals surface area (Å²) in [4.78, 5) is 30.6. The Morgan fingerprint density at radius 3 is 2.53 bits per heavy atom. The average molecular weight is 405 g/mol. The Balaban J connectivity index is 1.78. The van der Waals surface area contributed by atoms with Crippen LogP contribution in [0.5, 0.6) is 0 Å². The van der Waals surface area contributed by atoms with Crippen LogP contribution >= 0.6 is 0 Å². The first-order valence-corrected chi connectivity index (χ1v) is 10.1. The molecule has 0 bridgehead atoms.